The first kappa shape index (κ1) is 22.4. The zero-order valence-corrected chi connectivity index (χ0v) is 18.7. The Balaban J connectivity index is 1.32. The van der Waals surface area contributed by atoms with E-state index in [4.69, 9.17) is 4.74 Å². The van der Waals surface area contributed by atoms with Gasteiger partial charge in [-0.1, -0.05) is 0 Å². The molecule has 172 valence electrons. The van der Waals surface area contributed by atoms with Gasteiger partial charge in [-0.3, -0.25) is 9.59 Å². The van der Waals surface area contributed by atoms with E-state index in [1.807, 2.05) is 30.3 Å². The third-order valence-corrected chi connectivity index (χ3v) is 5.79. The van der Waals surface area contributed by atoms with E-state index in [0.29, 0.717) is 26.1 Å². The molecule has 0 bridgehead atoms. The molecule has 0 spiro atoms. The molecule has 33 heavy (non-hydrogen) atoms. The van der Waals surface area contributed by atoms with Crippen molar-refractivity contribution in [2.24, 2.45) is 5.92 Å². The Kier molecular flexibility index (Phi) is 7.29. The normalized spacial score (nSPS) is 15.8. The van der Waals surface area contributed by atoms with Gasteiger partial charge in [0.05, 0.1) is 18.7 Å². The van der Waals surface area contributed by atoms with Crippen LogP contribution in [0.25, 0.3) is 11.3 Å². The molecule has 1 saturated heterocycles. The number of hydrogen-bond donors (Lipinski definition) is 1. The first-order chi connectivity index (χ1) is 16.1. The minimum absolute atomic E-state index is 0.0394. The molecule has 9 heteroatoms. The van der Waals surface area contributed by atoms with E-state index >= 15 is 0 Å². The Bertz CT molecular complexity index is 1130. The molecule has 1 N–H and O–H groups in total. The van der Waals surface area contributed by atoms with Gasteiger partial charge in [-0.15, -0.1) is 0 Å². The minimum atomic E-state index is -0.134. The van der Waals surface area contributed by atoms with E-state index in [1.54, 1.807) is 25.7 Å². The fourth-order valence-corrected chi connectivity index (χ4v) is 3.98. The molecule has 1 unspecified atom stereocenters. The first-order valence-corrected chi connectivity index (χ1v) is 11.2. The van der Waals surface area contributed by atoms with Gasteiger partial charge in [0.25, 0.3) is 5.56 Å². The summed E-state index contributed by atoms with van der Waals surface area (Å²) in [6, 6.07) is 12.8. The molecule has 1 aromatic carbocycles. The number of carbonyl (C=O) groups excluding carboxylic acids is 1. The molecule has 1 aliphatic heterocycles. The van der Waals surface area contributed by atoms with Crippen molar-refractivity contribution >= 4 is 11.7 Å². The maximum atomic E-state index is 12.7. The Labute approximate surface area is 192 Å². The molecule has 3 aromatic rings. The van der Waals surface area contributed by atoms with Crippen LogP contribution in [0.5, 0.6) is 5.75 Å². The average Bonchev–Trinajstić information content (AvgIpc) is 2.87. The highest BCUT2D eigenvalue weighted by molar-refractivity contribution is 5.79. The molecule has 0 aliphatic carbocycles. The van der Waals surface area contributed by atoms with E-state index in [1.165, 1.54) is 10.7 Å². The molecular weight excluding hydrogens is 420 g/mol. The van der Waals surface area contributed by atoms with Gasteiger partial charge in [-0.2, -0.15) is 5.10 Å². The van der Waals surface area contributed by atoms with E-state index in [-0.39, 0.29) is 17.4 Å². The predicted octanol–water partition coefficient (Wildman–Crippen LogP) is 2.13. The van der Waals surface area contributed by atoms with Crippen molar-refractivity contribution in [3.8, 4) is 17.0 Å². The van der Waals surface area contributed by atoms with Crippen LogP contribution >= 0.6 is 0 Å². The fraction of sp³-hybridized carbons (Fsp3) is 0.375. The number of methoxy groups -OCH3 is 1. The SMILES string of the molecule is COc1ccc(-c2cc(N3CCCC(C(=O)NCCCn4ncccc4=O)C3)ncn2)cc1. The lowest BCUT2D eigenvalue weighted by Crippen LogP contribution is -2.43. The second-order valence-corrected chi connectivity index (χ2v) is 8.00. The monoisotopic (exact) mass is 448 g/mol. The Morgan fingerprint density at radius 2 is 2.06 bits per heavy atom. The standard InChI is InChI=1S/C24H28N6O3/c1-33-20-9-7-18(8-10-20)21-15-22(27-17-26-21)29-13-3-5-19(16-29)24(32)25-11-4-14-30-23(31)6-2-12-28-30/h2,6-10,12,15,17,19H,3-5,11,13-14,16H2,1H3,(H,25,32). The van der Waals surface area contributed by atoms with E-state index in [0.717, 1.165) is 42.2 Å². The van der Waals surface area contributed by atoms with Gasteiger partial charge in [0, 0.05) is 50.1 Å². The number of hydrogen-bond acceptors (Lipinski definition) is 7. The summed E-state index contributed by atoms with van der Waals surface area (Å²) in [5, 5.41) is 7.04. The molecule has 1 fully saturated rings. The molecule has 1 amide bonds. The van der Waals surface area contributed by atoms with Crippen LogP contribution in [0.1, 0.15) is 19.3 Å². The van der Waals surface area contributed by atoms with Crippen LogP contribution in [0.3, 0.4) is 0 Å². The van der Waals surface area contributed by atoms with Crippen molar-refractivity contribution in [1.29, 1.82) is 0 Å². The van der Waals surface area contributed by atoms with Gasteiger partial charge in [0.2, 0.25) is 5.91 Å². The lowest BCUT2D eigenvalue weighted by molar-refractivity contribution is -0.125. The van der Waals surface area contributed by atoms with Crippen molar-refractivity contribution in [1.82, 2.24) is 25.1 Å². The van der Waals surface area contributed by atoms with E-state index < -0.39 is 0 Å². The Morgan fingerprint density at radius 1 is 1.21 bits per heavy atom. The van der Waals surface area contributed by atoms with Crippen LogP contribution in [0.4, 0.5) is 5.82 Å². The summed E-state index contributed by atoms with van der Waals surface area (Å²) >= 11 is 0. The highest BCUT2D eigenvalue weighted by atomic mass is 16.5. The number of ether oxygens (including phenoxy) is 1. The predicted molar refractivity (Wildman–Crippen MR) is 125 cm³/mol. The van der Waals surface area contributed by atoms with Gasteiger partial charge in [0.15, 0.2) is 0 Å². The van der Waals surface area contributed by atoms with Crippen LogP contribution in [0.15, 0.2) is 59.8 Å². The summed E-state index contributed by atoms with van der Waals surface area (Å²) in [4.78, 5) is 35.4. The number of nitrogens with one attached hydrogen (secondary N) is 1. The Hall–Kier alpha value is -3.75. The van der Waals surface area contributed by atoms with Gasteiger partial charge >= 0.3 is 0 Å². The quantitative estimate of drug-likeness (QED) is 0.527. The van der Waals surface area contributed by atoms with Gasteiger partial charge in [0.1, 0.15) is 17.9 Å². The molecule has 3 heterocycles. The van der Waals surface area contributed by atoms with Crippen molar-refractivity contribution in [3.05, 3.63) is 65.3 Å². The van der Waals surface area contributed by atoms with Crippen LogP contribution < -0.4 is 20.5 Å². The zero-order valence-electron chi connectivity index (χ0n) is 18.7. The maximum absolute atomic E-state index is 12.7. The summed E-state index contributed by atoms with van der Waals surface area (Å²) in [5.74, 6) is 1.56. The summed E-state index contributed by atoms with van der Waals surface area (Å²) in [6.07, 6.45) is 5.57. The molecule has 1 atom stereocenters. The topological polar surface area (TPSA) is 102 Å². The Morgan fingerprint density at radius 3 is 2.85 bits per heavy atom. The molecule has 9 nitrogen and oxygen atoms in total. The van der Waals surface area contributed by atoms with Crippen molar-refractivity contribution in [2.45, 2.75) is 25.8 Å². The highest BCUT2D eigenvalue weighted by Crippen LogP contribution is 2.26. The molecule has 4 rings (SSSR count). The van der Waals surface area contributed by atoms with Gasteiger partial charge in [-0.25, -0.2) is 14.6 Å². The smallest absolute Gasteiger partial charge is 0.266 e. The number of nitrogens with zero attached hydrogens (tertiary/aromatic N) is 5. The third kappa shape index (κ3) is 5.74. The second kappa shape index (κ2) is 10.7. The first-order valence-electron chi connectivity index (χ1n) is 11.2. The number of piperidine rings is 1. The summed E-state index contributed by atoms with van der Waals surface area (Å²) < 4.78 is 6.63. The summed E-state index contributed by atoms with van der Waals surface area (Å²) in [6.45, 7) is 2.45. The molecule has 0 radical (unpaired) electrons. The van der Waals surface area contributed by atoms with Crippen molar-refractivity contribution in [2.75, 3.05) is 31.6 Å². The van der Waals surface area contributed by atoms with Gasteiger partial charge < -0.3 is 15.0 Å². The molecular formula is C24H28N6O3. The van der Waals surface area contributed by atoms with Crippen molar-refractivity contribution < 1.29 is 9.53 Å². The zero-order chi connectivity index (χ0) is 23.0. The number of amides is 1. The number of aryl methyl sites for hydroxylation is 1. The average molecular weight is 449 g/mol. The van der Waals surface area contributed by atoms with E-state index in [2.05, 4.69) is 25.3 Å². The third-order valence-electron chi connectivity index (χ3n) is 5.79. The number of rotatable bonds is 8. The number of carbonyl (C=O) groups is 1. The number of benzene rings is 1. The fourth-order valence-electron chi connectivity index (χ4n) is 3.98. The summed E-state index contributed by atoms with van der Waals surface area (Å²) in [5.41, 5.74) is 1.68. The van der Waals surface area contributed by atoms with Gasteiger partial charge in [-0.05, 0) is 49.6 Å². The van der Waals surface area contributed by atoms with Crippen molar-refractivity contribution in [3.63, 3.8) is 0 Å². The largest absolute Gasteiger partial charge is 0.497 e. The maximum Gasteiger partial charge on any atom is 0.266 e. The van der Waals surface area contributed by atoms with Crippen LogP contribution in [-0.4, -0.2) is 52.4 Å². The van der Waals surface area contributed by atoms with Crippen LogP contribution in [-0.2, 0) is 11.3 Å². The second-order valence-electron chi connectivity index (χ2n) is 8.00. The lowest BCUT2D eigenvalue weighted by Gasteiger charge is -2.33. The lowest BCUT2D eigenvalue weighted by atomic mass is 9.97. The minimum Gasteiger partial charge on any atom is -0.497 e. The van der Waals surface area contributed by atoms with Crippen LogP contribution in [0.2, 0.25) is 0 Å². The van der Waals surface area contributed by atoms with E-state index in [9.17, 15) is 9.59 Å². The highest BCUT2D eigenvalue weighted by Gasteiger charge is 2.26. The molecule has 1 aliphatic rings. The molecule has 0 saturated carbocycles. The summed E-state index contributed by atoms with van der Waals surface area (Å²) in [7, 11) is 1.64. The number of anilines is 1. The van der Waals surface area contributed by atoms with Crippen LogP contribution in [0, 0.1) is 5.92 Å². The molecule has 2 aromatic heterocycles. The number of aromatic nitrogens is 4.